The number of rotatable bonds is 6. The van der Waals surface area contributed by atoms with Gasteiger partial charge in [0, 0.05) is 29.4 Å². The van der Waals surface area contributed by atoms with Gasteiger partial charge in [0.2, 0.25) is 5.82 Å². The Labute approximate surface area is 168 Å². The lowest BCUT2D eigenvalue weighted by Gasteiger charge is -2.08. The first-order valence-corrected chi connectivity index (χ1v) is 8.85. The van der Waals surface area contributed by atoms with Crippen LogP contribution in [-0.2, 0) is 11.4 Å². The molecule has 0 saturated heterocycles. The highest BCUT2D eigenvalue weighted by molar-refractivity contribution is 9.10. The lowest BCUT2D eigenvalue weighted by molar-refractivity contribution is -0.389. The average Bonchev–Trinajstić information content (AvgIpc) is 3.07. The number of nitrogens with zero attached hydrogens (tertiary/aromatic N) is 5. The summed E-state index contributed by atoms with van der Waals surface area (Å²) in [6, 6.07) is 10.3. The molecule has 0 saturated carbocycles. The summed E-state index contributed by atoms with van der Waals surface area (Å²) in [5, 5.41) is 15.0. The predicted octanol–water partition coefficient (Wildman–Crippen LogP) is 3.52. The van der Waals surface area contributed by atoms with Crippen molar-refractivity contribution in [2.75, 3.05) is 0 Å². The summed E-state index contributed by atoms with van der Waals surface area (Å²) in [6.07, 6.45) is 4.27. The third-order valence-electron chi connectivity index (χ3n) is 3.80. The minimum Gasteiger partial charge on any atom is -0.358 e. The molecule has 10 heteroatoms. The van der Waals surface area contributed by atoms with Crippen LogP contribution in [0, 0.1) is 17.0 Å². The number of benzene rings is 1. The molecule has 142 valence electrons. The first kappa shape index (κ1) is 19.4. The number of oxime groups is 1. The number of aromatic nitrogens is 3. The largest absolute Gasteiger partial charge is 0.381 e. The maximum atomic E-state index is 12.2. The Kier molecular flexibility index (Phi) is 5.90. The van der Waals surface area contributed by atoms with Crippen LogP contribution in [0.4, 0.5) is 5.82 Å². The van der Waals surface area contributed by atoms with Crippen molar-refractivity contribution in [3.8, 4) is 0 Å². The molecular formula is C18H14BrN5O4. The average molecular weight is 444 g/mol. The number of hydrogen-bond donors (Lipinski definition) is 0. The van der Waals surface area contributed by atoms with Crippen molar-refractivity contribution in [2.45, 2.75) is 13.5 Å². The fraction of sp³-hybridized carbons (Fsp3) is 0.111. The number of hydrogen-bond acceptors (Lipinski definition) is 7. The van der Waals surface area contributed by atoms with Gasteiger partial charge in [-0.25, -0.2) is 4.79 Å². The number of halogens is 1. The Bertz CT molecular complexity index is 1030. The van der Waals surface area contributed by atoms with Crippen LogP contribution in [-0.4, -0.2) is 31.1 Å². The molecule has 0 aliphatic carbocycles. The highest BCUT2D eigenvalue weighted by Gasteiger charge is 2.18. The number of aryl methyl sites for hydroxylation is 1. The third-order valence-corrected chi connectivity index (χ3v) is 4.33. The van der Waals surface area contributed by atoms with Crippen LogP contribution in [0.15, 0.2) is 64.6 Å². The second-order valence-electron chi connectivity index (χ2n) is 5.69. The topological polar surface area (TPSA) is 113 Å². The quantitative estimate of drug-likeness (QED) is 0.249. The van der Waals surface area contributed by atoms with E-state index in [4.69, 9.17) is 4.84 Å². The lowest BCUT2D eigenvalue weighted by Crippen LogP contribution is -2.14. The second kappa shape index (κ2) is 8.53. The van der Waals surface area contributed by atoms with E-state index in [-0.39, 0.29) is 12.4 Å². The van der Waals surface area contributed by atoms with Gasteiger partial charge in [-0.2, -0.15) is 0 Å². The molecule has 0 fully saturated rings. The van der Waals surface area contributed by atoms with Crippen LogP contribution in [0.25, 0.3) is 0 Å². The molecule has 3 aromatic rings. The van der Waals surface area contributed by atoms with Gasteiger partial charge in [-0.15, -0.1) is 0 Å². The lowest BCUT2D eigenvalue weighted by atomic mass is 10.1. The zero-order chi connectivity index (χ0) is 20.1. The first-order chi connectivity index (χ1) is 13.4. The SMILES string of the molecule is Cc1nc([N+](=O)[O-])cn1C/C(=N/OC(=O)c1ccncc1)c1ccc(Br)cc1. The standard InChI is InChI=1S/C18H14BrN5O4/c1-12-21-17(24(26)27)11-23(12)10-16(13-2-4-15(19)5-3-13)22-28-18(25)14-6-8-20-9-7-14/h2-9,11H,10H2,1H3/b22-16-. The van der Waals surface area contributed by atoms with Crippen LogP contribution in [0.5, 0.6) is 0 Å². The minimum atomic E-state index is -0.634. The maximum absolute atomic E-state index is 12.2. The summed E-state index contributed by atoms with van der Waals surface area (Å²) in [7, 11) is 0. The molecule has 0 aliphatic heterocycles. The van der Waals surface area contributed by atoms with Crippen molar-refractivity contribution in [3.05, 3.63) is 86.5 Å². The highest BCUT2D eigenvalue weighted by atomic mass is 79.9. The monoisotopic (exact) mass is 443 g/mol. The molecule has 0 atom stereocenters. The summed E-state index contributed by atoms with van der Waals surface area (Å²) in [5.41, 5.74) is 1.41. The molecule has 2 aromatic heterocycles. The molecule has 0 radical (unpaired) electrons. The van der Waals surface area contributed by atoms with Crippen LogP contribution >= 0.6 is 15.9 Å². The Morgan fingerprint density at radius 1 is 1.21 bits per heavy atom. The Morgan fingerprint density at radius 2 is 1.89 bits per heavy atom. The van der Waals surface area contributed by atoms with Crippen LogP contribution < -0.4 is 0 Å². The van der Waals surface area contributed by atoms with Crippen molar-refractivity contribution in [3.63, 3.8) is 0 Å². The van der Waals surface area contributed by atoms with Crippen molar-refractivity contribution in [1.82, 2.24) is 14.5 Å². The van der Waals surface area contributed by atoms with Crippen LogP contribution in [0.2, 0.25) is 0 Å². The third kappa shape index (κ3) is 4.65. The Balaban J connectivity index is 1.90. The predicted molar refractivity (Wildman–Crippen MR) is 104 cm³/mol. The zero-order valence-electron chi connectivity index (χ0n) is 14.7. The Morgan fingerprint density at radius 3 is 2.50 bits per heavy atom. The molecule has 9 nitrogen and oxygen atoms in total. The molecule has 3 rings (SSSR count). The zero-order valence-corrected chi connectivity index (χ0v) is 16.2. The van der Waals surface area contributed by atoms with E-state index in [9.17, 15) is 14.9 Å². The van der Waals surface area contributed by atoms with Gasteiger partial charge in [-0.1, -0.05) is 33.2 Å². The van der Waals surface area contributed by atoms with E-state index in [1.54, 1.807) is 23.6 Å². The molecular weight excluding hydrogens is 430 g/mol. The second-order valence-corrected chi connectivity index (χ2v) is 6.61. The van der Waals surface area contributed by atoms with Crippen molar-refractivity contribution in [1.29, 1.82) is 0 Å². The molecule has 1 aromatic carbocycles. The first-order valence-electron chi connectivity index (χ1n) is 8.06. The molecule has 0 amide bonds. The minimum absolute atomic E-state index is 0.137. The summed E-state index contributed by atoms with van der Waals surface area (Å²) < 4.78 is 2.44. The summed E-state index contributed by atoms with van der Waals surface area (Å²) in [4.78, 5) is 35.4. The normalized spacial score (nSPS) is 11.3. The Hall–Kier alpha value is -3.40. The summed E-state index contributed by atoms with van der Waals surface area (Å²) in [6.45, 7) is 1.78. The molecule has 0 unspecified atom stereocenters. The van der Waals surface area contributed by atoms with Gasteiger partial charge >= 0.3 is 11.8 Å². The molecule has 0 spiro atoms. The van der Waals surface area contributed by atoms with Gasteiger partial charge in [0.15, 0.2) is 0 Å². The van der Waals surface area contributed by atoms with E-state index < -0.39 is 10.9 Å². The van der Waals surface area contributed by atoms with Crippen molar-refractivity contribution >= 4 is 33.4 Å². The smallest absolute Gasteiger partial charge is 0.358 e. The van der Waals surface area contributed by atoms with E-state index in [2.05, 4.69) is 31.1 Å². The summed E-state index contributed by atoms with van der Waals surface area (Å²) >= 11 is 3.36. The van der Waals surface area contributed by atoms with Gasteiger partial charge in [0.25, 0.3) is 0 Å². The van der Waals surface area contributed by atoms with Crippen molar-refractivity contribution < 1.29 is 14.6 Å². The van der Waals surface area contributed by atoms with E-state index in [0.717, 1.165) is 4.47 Å². The van der Waals surface area contributed by atoms with Gasteiger partial charge in [0.1, 0.15) is 11.9 Å². The molecule has 0 aliphatic rings. The number of carbonyl (C=O) groups is 1. The fourth-order valence-electron chi connectivity index (χ4n) is 2.35. The molecule has 0 bridgehead atoms. The van der Waals surface area contributed by atoms with E-state index in [1.165, 1.54) is 30.7 Å². The van der Waals surface area contributed by atoms with E-state index >= 15 is 0 Å². The van der Waals surface area contributed by atoms with Crippen LogP contribution in [0.3, 0.4) is 0 Å². The van der Waals surface area contributed by atoms with E-state index in [0.29, 0.717) is 22.7 Å². The fourth-order valence-corrected chi connectivity index (χ4v) is 2.62. The molecule has 0 N–H and O–H groups in total. The van der Waals surface area contributed by atoms with Gasteiger partial charge < -0.3 is 19.5 Å². The summed E-state index contributed by atoms with van der Waals surface area (Å²) in [5.74, 6) is -0.455. The van der Waals surface area contributed by atoms with E-state index in [1.807, 2.05) is 12.1 Å². The van der Waals surface area contributed by atoms with Gasteiger partial charge in [-0.3, -0.25) is 4.98 Å². The van der Waals surface area contributed by atoms with Gasteiger partial charge in [0.05, 0.1) is 12.1 Å². The highest BCUT2D eigenvalue weighted by Crippen LogP contribution is 2.15. The number of imidazole rings is 1. The van der Waals surface area contributed by atoms with Crippen molar-refractivity contribution in [2.24, 2.45) is 5.16 Å². The number of carbonyl (C=O) groups excluding carboxylic acids is 1. The maximum Gasteiger partial charge on any atom is 0.381 e. The number of pyridine rings is 1. The molecule has 2 heterocycles. The molecule has 28 heavy (non-hydrogen) atoms. The van der Waals surface area contributed by atoms with Crippen LogP contribution in [0.1, 0.15) is 21.7 Å². The number of nitro groups is 1. The van der Waals surface area contributed by atoms with Gasteiger partial charge in [-0.05, 0) is 34.2 Å².